The van der Waals surface area contributed by atoms with Crippen molar-refractivity contribution in [3.8, 4) is 0 Å². The number of nitrogens with one attached hydrogen (secondary N) is 1. The van der Waals surface area contributed by atoms with Crippen molar-refractivity contribution in [2.24, 2.45) is 5.92 Å². The molecule has 1 atom stereocenters. The molecule has 1 saturated heterocycles. The SMILES string of the molecule is CCN(CC)S(=O)(=O)c1cccc(C(=O)N2CCC(CNC)C2)c1. The molecule has 1 aliphatic heterocycles. The Bertz CT molecular complexity index is 671. The molecule has 1 aromatic carbocycles. The predicted molar refractivity (Wildman–Crippen MR) is 94.5 cm³/mol. The molecule has 0 aromatic heterocycles. The molecule has 134 valence electrons. The van der Waals surface area contributed by atoms with Crippen molar-refractivity contribution in [3.05, 3.63) is 29.8 Å². The lowest BCUT2D eigenvalue weighted by atomic mass is 10.1. The van der Waals surface area contributed by atoms with Gasteiger partial charge in [0.15, 0.2) is 0 Å². The summed E-state index contributed by atoms with van der Waals surface area (Å²) in [6.07, 6.45) is 0.976. The largest absolute Gasteiger partial charge is 0.338 e. The lowest BCUT2D eigenvalue weighted by molar-refractivity contribution is 0.0787. The Balaban J connectivity index is 2.20. The van der Waals surface area contributed by atoms with E-state index in [1.807, 2.05) is 25.8 Å². The first-order chi connectivity index (χ1) is 11.4. The zero-order chi connectivity index (χ0) is 17.7. The molecule has 1 aliphatic rings. The second-order valence-corrected chi connectivity index (χ2v) is 8.02. The Morgan fingerprint density at radius 3 is 2.67 bits per heavy atom. The van der Waals surface area contributed by atoms with Gasteiger partial charge in [0.05, 0.1) is 4.90 Å². The van der Waals surface area contributed by atoms with Crippen molar-refractivity contribution >= 4 is 15.9 Å². The molecule has 1 amide bonds. The summed E-state index contributed by atoms with van der Waals surface area (Å²) in [6, 6.07) is 6.39. The number of sulfonamides is 1. The van der Waals surface area contributed by atoms with Crippen molar-refractivity contribution in [2.75, 3.05) is 39.8 Å². The van der Waals surface area contributed by atoms with E-state index in [-0.39, 0.29) is 10.8 Å². The number of carbonyl (C=O) groups is 1. The molecule has 1 unspecified atom stereocenters. The molecule has 1 N–H and O–H groups in total. The van der Waals surface area contributed by atoms with Gasteiger partial charge in [0.1, 0.15) is 0 Å². The molecular formula is C17H27N3O3S. The molecule has 1 aromatic rings. The van der Waals surface area contributed by atoms with Crippen LogP contribution in [0.2, 0.25) is 0 Å². The zero-order valence-electron chi connectivity index (χ0n) is 14.7. The lowest BCUT2D eigenvalue weighted by Crippen LogP contribution is -2.32. The average molecular weight is 353 g/mol. The molecular weight excluding hydrogens is 326 g/mol. The smallest absolute Gasteiger partial charge is 0.253 e. The first-order valence-corrected chi connectivity index (χ1v) is 9.92. The van der Waals surface area contributed by atoms with E-state index >= 15 is 0 Å². The summed E-state index contributed by atoms with van der Waals surface area (Å²) in [5, 5.41) is 3.14. The van der Waals surface area contributed by atoms with Crippen molar-refractivity contribution in [2.45, 2.75) is 25.2 Å². The normalized spacial score (nSPS) is 18.3. The maximum Gasteiger partial charge on any atom is 0.253 e. The Hall–Kier alpha value is -1.44. The molecule has 2 rings (SSSR count). The van der Waals surface area contributed by atoms with Crippen LogP contribution in [0.5, 0.6) is 0 Å². The lowest BCUT2D eigenvalue weighted by Gasteiger charge is -2.20. The van der Waals surface area contributed by atoms with Crippen molar-refractivity contribution < 1.29 is 13.2 Å². The van der Waals surface area contributed by atoms with Gasteiger partial charge < -0.3 is 10.2 Å². The topological polar surface area (TPSA) is 69.7 Å². The summed E-state index contributed by atoms with van der Waals surface area (Å²) in [6.45, 7) is 6.76. The summed E-state index contributed by atoms with van der Waals surface area (Å²) < 4.78 is 26.6. The van der Waals surface area contributed by atoms with Crippen molar-refractivity contribution in [1.29, 1.82) is 0 Å². The first kappa shape index (κ1) is 18.9. The van der Waals surface area contributed by atoms with E-state index in [9.17, 15) is 13.2 Å². The van der Waals surface area contributed by atoms with E-state index in [4.69, 9.17) is 0 Å². The molecule has 24 heavy (non-hydrogen) atoms. The summed E-state index contributed by atoms with van der Waals surface area (Å²) in [5.41, 5.74) is 0.438. The van der Waals surface area contributed by atoms with Crippen LogP contribution in [0.4, 0.5) is 0 Å². The highest BCUT2D eigenvalue weighted by molar-refractivity contribution is 7.89. The quantitative estimate of drug-likeness (QED) is 0.804. The van der Waals surface area contributed by atoms with Gasteiger partial charge in [0.25, 0.3) is 5.91 Å². The molecule has 0 spiro atoms. The van der Waals surface area contributed by atoms with E-state index in [2.05, 4.69) is 5.32 Å². The summed E-state index contributed by atoms with van der Waals surface area (Å²) in [5.74, 6) is 0.367. The number of likely N-dealkylation sites (tertiary alicyclic amines) is 1. The van der Waals surface area contributed by atoms with Crippen molar-refractivity contribution in [1.82, 2.24) is 14.5 Å². The minimum atomic E-state index is -3.55. The number of hydrogen-bond donors (Lipinski definition) is 1. The van der Waals surface area contributed by atoms with E-state index < -0.39 is 10.0 Å². The van der Waals surface area contributed by atoms with Gasteiger partial charge in [-0.25, -0.2) is 8.42 Å². The molecule has 0 radical (unpaired) electrons. The number of amides is 1. The third-order valence-corrected chi connectivity index (χ3v) is 6.54. The Labute approximate surface area is 144 Å². The standard InChI is InChI=1S/C17H27N3O3S/c1-4-20(5-2)24(22,23)16-8-6-7-15(11-16)17(21)19-10-9-14(13-19)12-18-3/h6-8,11,14,18H,4-5,9-10,12-13H2,1-3H3. The van der Waals surface area contributed by atoms with Gasteiger partial charge >= 0.3 is 0 Å². The summed E-state index contributed by atoms with van der Waals surface area (Å²) in [4.78, 5) is 14.7. The minimum absolute atomic E-state index is 0.0924. The summed E-state index contributed by atoms with van der Waals surface area (Å²) in [7, 11) is -1.64. The number of rotatable bonds is 7. The van der Waals surface area contributed by atoms with Crippen LogP contribution in [0.15, 0.2) is 29.2 Å². The number of nitrogens with zero attached hydrogens (tertiary/aromatic N) is 2. The highest BCUT2D eigenvalue weighted by atomic mass is 32.2. The Morgan fingerprint density at radius 1 is 1.33 bits per heavy atom. The number of carbonyl (C=O) groups excluding carboxylic acids is 1. The van der Waals surface area contributed by atoms with Gasteiger partial charge in [0.2, 0.25) is 10.0 Å². The van der Waals surface area contributed by atoms with Crippen LogP contribution in [0.1, 0.15) is 30.6 Å². The fraction of sp³-hybridized carbons (Fsp3) is 0.588. The van der Waals surface area contributed by atoms with Crippen LogP contribution in [0, 0.1) is 5.92 Å². The molecule has 1 heterocycles. The van der Waals surface area contributed by atoms with E-state index in [1.54, 1.807) is 18.2 Å². The van der Waals surface area contributed by atoms with E-state index in [0.717, 1.165) is 19.5 Å². The third-order valence-electron chi connectivity index (χ3n) is 4.49. The zero-order valence-corrected chi connectivity index (χ0v) is 15.5. The van der Waals surface area contributed by atoms with Gasteiger partial charge in [-0.1, -0.05) is 19.9 Å². The van der Waals surface area contributed by atoms with Gasteiger partial charge in [-0.3, -0.25) is 4.79 Å². The second kappa shape index (κ2) is 8.09. The predicted octanol–water partition coefficient (Wildman–Crippen LogP) is 1.40. The van der Waals surface area contributed by atoms with Gasteiger partial charge in [-0.2, -0.15) is 4.31 Å². The number of hydrogen-bond acceptors (Lipinski definition) is 4. The van der Waals surface area contributed by atoms with Crippen LogP contribution in [0.25, 0.3) is 0 Å². The number of benzene rings is 1. The molecule has 1 fully saturated rings. The van der Waals surface area contributed by atoms with Crippen LogP contribution in [0.3, 0.4) is 0 Å². The third kappa shape index (κ3) is 3.96. The highest BCUT2D eigenvalue weighted by Crippen LogP contribution is 2.21. The van der Waals surface area contributed by atoms with Crippen molar-refractivity contribution in [3.63, 3.8) is 0 Å². The summed E-state index contributed by atoms with van der Waals surface area (Å²) >= 11 is 0. The fourth-order valence-electron chi connectivity index (χ4n) is 3.16. The van der Waals surface area contributed by atoms with Gasteiger partial charge in [0, 0.05) is 31.7 Å². The van der Waals surface area contributed by atoms with Crippen LogP contribution < -0.4 is 5.32 Å². The fourth-order valence-corrected chi connectivity index (χ4v) is 4.66. The van der Waals surface area contributed by atoms with Gasteiger partial charge in [-0.15, -0.1) is 0 Å². The highest BCUT2D eigenvalue weighted by Gasteiger charge is 2.28. The maximum absolute atomic E-state index is 12.7. The van der Waals surface area contributed by atoms with Crippen LogP contribution in [-0.4, -0.2) is 63.3 Å². The minimum Gasteiger partial charge on any atom is -0.338 e. The molecule has 0 saturated carbocycles. The average Bonchev–Trinajstić information content (AvgIpc) is 3.04. The molecule has 6 nitrogen and oxygen atoms in total. The monoisotopic (exact) mass is 353 g/mol. The Kier molecular flexibility index (Phi) is 6.37. The Morgan fingerprint density at radius 2 is 2.04 bits per heavy atom. The van der Waals surface area contributed by atoms with E-state index in [1.165, 1.54) is 10.4 Å². The molecule has 0 bridgehead atoms. The van der Waals surface area contributed by atoms with E-state index in [0.29, 0.717) is 31.1 Å². The molecule has 0 aliphatic carbocycles. The first-order valence-electron chi connectivity index (χ1n) is 8.48. The molecule has 7 heteroatoms. The maximum atomic E-state index is 12.7. The van der Waals surface area contributed by atoms with Crippen LogP contribution >= 0.6 is 0 Å². The van der Waals surface area contributed by atoms with Crippen LogP contribution in [-0.2, 0) is 10.0 Å². The second-order valence-electron chi connectivity index (χ2n) is 6.08. The van der Waals surface area contributed by atoms with Gasteiger partial charge in [-0.05, 0) is 44.1 Å².